The normalized spacial score (nSPS) is 11.5. The van der Waals surface area contributed by atoms with Gasteiger partial charge in [0.05, 0.1) is 30.3 Å². The highest BCUT2D eigenvalue weighted by atomic mass is 79.9. The zero-order chi connectivity index (χ0) is 33.0. The largest absolute Gasteiger partial charge is 0.494 e. The van der Waals surface area contributed by atoms with Gasteiger partial charge in [0, 0.05) is 15.6 Å². The third-order valence-electron chi connectivity index (χ3n) is 7.51. The van der Waals surface area contributed by atoms with Gasteiger partial charge in [-0.2, -0.15) is 9.78 Å². The molecule has 9 heteroatoms. The SMILES string of the molecule is CCOc1cc(C)c(-c2nc3ccccc3c(=O)n2N=Cc2cc(OCC)c(OCc3cccc(C)c3)c(Cl)c2Br)cc1C(C)C. The van der Waals surface area contributed by atoms with E-state index in [0.29, 0.717) is 63.1 Å². The van der Waals surface area contributed by atoms with Gasteiger partial charge in [0.2, 0.25) is 0 Å². The van der Waals surface area contributed by atoms with Crippen molar-refractivity contribution in [2.75, 3.05) is 13.2 Å². The molecule has 0 aliphatic rings. The fraction of sp³-hybridized carbons (Fsp3) is 0.270. The first-order valence-electron chi connectivity index (χ1n) is 15.3. The van der Waals surface area contributed by atoms with Crippen LogP contribution in [0.4, 0.5) is 0 Å². The van der Waals surface area contributed by atoms with Gasteiger partial charge in [0.1, 0.15) is 17.4 Å². The van der Waals surface area contributed by atoms with Crippen LogP contribution >= 0.6 is 27.5 Å². The number of para-hydroxylation sites is 1. The highest BCUT2D eigenvalue weighted by Crippen LogP contribution is 2.43. The molecule has 0 aliphatic heterocycles. The van der Waals surface area contributed by atoms with Crippen molar-refractivity contribution in [1.82, 2.24) is 9.66 Å². The minimum atomic E-state index is -0.290. The number of hydrogen-bond donors (Lipinski definition) is 0. The van der Waals surface area contributed by atoms with Crippen LogP contribution in [0, 0.1) is 13.8 Å². The minimum absolute atomic E-state index is 0.187. The second kappa shape index (κ2) is 14.5. The van der Waals surface area contributed by atoms with Gasteiger partial charge in [-0.3, -0.25) is 4.79 Å². The first-order chi connectivity index (χ1) is 22.1. The van der Waals surface area contributed by atoms with Gasteiger partial charge in [-0.15, -0.1) is 0 Å². The number of ether oxygens (including phenoxy) is 3. The van der Waals surface area contributed by atoms with Crippen molar-refractivity contribution in [2.45, 2.75) is 54.1 Å². The van der Waals surface area contributed by atoms with Crippen LogP contribution in [-0.4, -0.2) is 29.1 Å². The Labute approximate surface area is 282 Å². The fourth-order valence-corrected chi connectivity index (χ4v) is 5.90. The molecule has 0 aliphatic carbocycles. The lowest BCUT2D eigenvalue weighted by Gasteiger charge is -2.18. The molecular formula is C37H37BrClN3O4. The quantitative estimate of drug-likeness (QED) is 0.128. The summed E-state index contributed by atoms with van der Waals surface area (Å²) < 4.78 is 20.0. The van der Waals surface area contributed by atoms with Crippen LogP contribution in [0.1, 0.15) is 61.4 Å². The molecule has 5 aromatic rings. The highest BCUT2D eigenvalue weighted by Gasteiger charge is 2.20. The molecule has 0 spiro atoms. The Kier molecular flexibility index (Phi) is 10.5. The van der Waals surface area contributed by atoms with E-state index in [-0.39, 0.29) is 11.5 Å². The Morgan fingerprint density at radius 2 is 1.70 bits per heavy atom. The fourth-order valence-electron chi connectivity index (χ4n) is 5.25. The lowest BCUT2D eigenvalue weighted by Crippen LogP contribution is -2.21. The molecule has 1 aromatic heterocycles. The average Bonchev–Trinajstić information content (AvgIpc) is 3.03. The molecule has 0 fully saturated rings. The maximum Gasteiger partial charge on any atom is 0.282 e. The van der Waals surface area contributed by atoms with Gasteiger partial charge in [0.25, 0.3) is 5.56 Å². The molecule has 0 radical (unpaired) electrons. The lowest BCUT2D eigenvalue weighted by molar-refractivity contribution is 0.269. The summed E-state index contributed by atoms with van der Waals surface area (Å²) in [5.74, 6) is 2.33. The van der Waals surface area contributed by atoms with Crippen molar-refractivity contribution in [3.05, 3.63) is 114 Å². The van der Waals surface area contributed by atoms with Crippen LogP contribution < -0.4 is 19.8 Å². The van der Waals surface area contributed by atoms with E-state index in [0.717, 1.165) is 33.6 Å². The van der Waals surface area contributed by atoms with Crippen LogP contribution in [0.15, 0.2) is 81.1 Å². The first kappa shape index (κ1) is 33.2. The van der Waals surface area contributed by atoms with Crippen molar-refractivity contribution >= 4 is 44.6 Å². The van der Waals surface area contributed by atoms with E-state index in [1.807, 2.05) is 76.2 Å². The summed E-state index contributed by atoms with van der Waals surface area (Å²) in [5, 5.41) is 5.52. The Balaban J connectivity index is 1.63. The number of rotatable bonds is 11. The molecular weight excluding hydrogens is 666 g/mol. The minimum Gasteiger partial charge on any atom is -0.494 e. The third kappa shape index (κ3) is 6.98. The predicted octanol–water partition coefficient (Wildman–Crippen LogP) is 9.48. The summed E-state index contributed by atoms with van der Waals surface area (Å²) in [6.07, 6.45) is 1.58. The Bertz CT molecular complexity index is 1990. The molecule has 0 atom stereocenters. The summed E-state index contributed by atoms with van der Waals surface area (Å²) in [5.41, 5.74) is 5.79. The van der Waals surface area contributed by atoms with Crippen molar-refractivity contribution in [1.29, 1.82) is 0 Å². The number of halogens is 2. The summed E-state index contributed by atoms with van der Waals surface area (Å²) in [4.78, 5) is 18.9. The number of aromatic nitrogens is 2. The smallest absolute Gasteiger partial charge is 0.282 e. The summed E-state index contributed by atoms with van der Waals surface area (Å²) in [6, 6.07) is 21.2. The van der Waals surface area contributed by atoms with Gasteiger partial charge >= 0.3 is 0 Å². The van der Waals surface area contributed by atoms with Crippen molar-refractivity contribution in [3.8, 4) is 28.6 Å². The van der Waals surface area contributed by atoms with Crippen LogP contribution in [-0.2, 0) is 6.61 Å². The predicted molar refractivity (Wildman–Crippen MR) is 190 cm³/mol. The molecule has 1 heterocycles. The third-order valence-corrected chi connectivity index (χ3v) is 8.95. The van der Waals surface area contributed by atoms with Gasteiger partial charge < -0.3 is 14.2 Å². The van der Waals surface area contributed by atoms with E-state index in [4.69, 9.17) is 35.9 Å². The summed E-state index contributed by atoms with van der Waals surface area (Å²) >= 11 is 10.5. The van der Waals surface area contributed by atoms with E-state index >= 15 is 0 Å². The van der Waals surface area contributed by atoms with Crippen LogP contribution in [0.25, 0.3) is 22.3 Å². The molecule has 0 saturated heterocycles. The Hall–Kier alpha value is -4.14. The number of hydrogen-bond acceptors (Lipinski definition) is 6. The molecule has 0 N–H and O–H groups in total. The van der Waals surface area contributed by atoms with Crippen molar-refractivity contribution < 1.29 is 14.2 Å². The number of aryl methyl sites for hydroxylation is 2. The molecule has 4 aromatic carbocycles. The zero-order valence-electron chi connectivity index (χ0n) is 26.9. The van der Waals surface area contributed by atoms with Gasteiger partial charge in [-0.25, -0.2) is 4.98 Å². The number of benzene rings is 4. The standard InChI is InChI=1S/C37H37BrClN3O4/c1-7-44-31-17-24(6)29(19-28(31)22(3)4)36-41-30-15-10-9-14-27(30)37(43)42(36)40-20-26-18-32(45-8-2)35(34(39)33(26)38)46-21-25-13-11-12-23(5)16-25/h9-20,22H,7-8,21H2,1-6H3. The van der Waals surface area contributed by atoms with E-state index in [2.05, 4.69) is 35.8 Å². The van der Waals surface area contributed by atoms with Gasteiger partial charge in [0.15, 0.2) is 17.3 Å². The molecule has 5 rings (SSSR count). The van der Waals surface area contributed by atoms with Crippen molar-refractivity contribution in [3.63, 3.8) is 0 Å². The lowest BCUT2D eigenvalue weighted by atomic mass is 9.96. The Morgan fingerprint density at radius 3 is 2.41 bits per heavy atom. The van der Waals surface area contributed by atoms with Crippen LogP contribution in [0.3, 0.4) is 0 Å². The summed E-state index contributed by atoms with van der Waals surface area (Å²) in [7, 11) is 0. The summed E-state index contributed by atoms with van der Waals surface area (Å²) in [6.45, 7) is 13.4. The second-order valence-corrected chi connectivity index (χ2v) is 12.4. The van der Waals surface area contributed by atoms with Crippen LogP contribution in [0.2, 0.25) is 5.02 Å². The first-order valence-corrected chi connectivity index (χ1v) is 16.5. The van der Waals surface area contributed by atoms with Crippen molar-refractivity contribution in [2.24, 2.45) is 5.10 Å². The maximum atomic E-state index is 14.0. The van der Waals surface area contributed by atoms with E-state index in [9.17, 15) is 4.79 Å². The second-order valence-electron chi connectivity index (χ2n) is 11.2. The highest BCUT2D eigenvalue weighted by molar-refractivity contribution is 9.10. The topological polar surface area (TPSA) is 74.9 Å². The molecule has 0 amide bonds. The zero-order valence-corrected chi connectivity index (χ0v) is 29.2. The van der Waals surface area contributed by atoms with E-state index in [1.54, 1.807) is 18.3 Å². The van der Waals surface area contributed by atoms with Gasteiger partial charge in [-0.1, -0.05) is 67.4 Å². The Morgan fingerprint density at radius 1 is 0.957 bits per heavy atom. The molecule has 238 valence electrons. The molecule has 0 saturated carbocycles. The molecule has 0 unspecified atom stereocenters. The number of nitrogens with zero attached hydrogens (tertiary/aromatic N) is 3. The molecule has 0 bridgehead atoms. The number of fused-ring (bicyclic) bond motifs is 1. The maximum absolute atomic E-state index is 14.0. The van der Waals surface area contributed by atoms with Gasteiger partial charge in [-0.05, 0) is 96.6 Å². The average molecular weight is 703 g/mol. The van der Waals surface area contributed by atoms with E-state index in [1.165, 1.54) is 4.68 Å². The van der Waals surface area contributed by atoms with Crippen LogP contribution in [0.5, 0.6) is 17.2 Å². The molecule has 46 heavy (non-hydrogen) atoms. The molecule has 7 nitrogen and oxygen atoms in total. The monoisotopic (exact) mass is 701 g/mol. The van der Waals surface area contributed by atoms with E-state index < -0.39 is 0 Å².